The summed E-state index contributed by atoms with van der Waals surface area (Å²) in [6, 6.07) is 37.5. The Hall–Kier alpha value is -3.97. The van der Waals surface area contributed by atoms with Gasteiger partial charge in [0.1, 0.15) is 0 Å². The van der Waals surface area contributed by atoms with Gasteiger partial charge in [0.05, 0.1) is 5.69 Å². The van der Waals surface area contributed by atoms with Crippen LogP contribution < -0.4 is 0 Å². The SMILES string of the molecule is CCCCCCc1cccc(-c2cccc(-c3cc4c5ccccc5c5ccccc5c4cn3)c2)c1. The molecule has 1 heterocycles. The van der Waals surface area contributed by atoms with E-state index in [9.17, 15) is 0 Å². The summed E-state index contributed by atoms with van der Waals surface area (Å²) in [7, 11) is 0. The van der Waals surface area contributed by atoms with Gasteiger partial charge in [0.2, 0.25) is 0 Å². The zero-order chi connectivity index (χ0) is 24.3. The van der Waals surface area contributed by atoms with Crippen molar-refractivity contribution in [1.82, 2.24) is 4.98 Å². The first-order chi connectivity index (χ1) is 17.8. The number of nitrogens with zero attached hydrogens (tertiary/aromatic N) is 1. The fourth-order valence-corrected chi connectivity index (χ4v) is 5.48. The summed E-state index contributed by atoms with van der Waals surface area (Å²) in [5.74, 6) is 0. The van der Waals surface area contributed by atoms with E-state index in [1.54, 1.807) is 0 Å². The van der Waals surface area contributed by atoms with E-state index in [-0.39, 0.29) is 0 Å². The normalized spacial score (nSPS) is 11.5. The van der Waals surface area contributed by atoms with Crippen molar-refractivity contribution in [3.05, 3.63) is 115 Å². The summed E-state index contributed by atoms with van der Waals surface area (Å²) in [4.78, 5) is 4.94. The molecule has 0 fully saturated rings. The highest BCUT2D eigenvalue weighted by Gasteiger charge is 2.11. The zero-order valence-electron chi connectivity index (χ0n) is 20.9. The third-order valence-corrected chi connectivity index (χ3v) is 7.37. The predicted molar refractivity (Wildman–Crippen MR) is 155 cm³/mol. The molecule has 0 aliphatic rings. The number of hydrogen-bond acceptors (Lipinski definition) is 1. The molecule has 5 aromatic carbocycles. The summed E-state index contributed by atoms with van der Waals surface area (Å²) in [6.07, 6.45) is 8.39. The quantitative estimate of drug-likeness (QED) is 0.169. The first-order valence-electron chi connectivity index (χ1n) is 13.2. The first kappa shape index (κ1) is 22.5. The first-order valence-corrected chi connectivity index (χ1v) is 13.2. The highest BCUT2D eigenvalue weighted by atomic mass is 14.7. The molecule has 6 aromatic rings. The number of benzene rings is 5. The fourth-order valence-electron chi connectivity index (χ4n) is 5.48. The molecular formula is C35H31N. The highest BCUT2D eigenvalue weighted by molar-refractivity contribution is 6.25. The van der Waals surface area contributed by atoms with Crippen molar-refractivity contribution in [3.63, 3.8) is 0 Å². The molecule has 0 aliphatic heterocycles. The molecule has 176 valence electrons. The third kappa shape index (κ3) is 4.27. The molecule has 0 spiro atoms. The standard InChI is InChI=1S/C35H31N/c1-2-3-4-5-12-25-13-10-14-26(21-25)27-15-11-16-28(22-27)35-23-33-31-19-8-6-17-29(31)30-18-7-9-20-32(30)34(33)24-36-35/h6-11,13-24H,2-5,12H2,1H3. The van der Waals surface area contributed by atoms with Crippen LogP contribution in [-0.4, -0.2) is 4.98 Å². The number of pyridine rings is 1. The van der Waals surface area contributed by atoms with Crippen molar-refractivity contribution in [3.8, 4) is 22.4 Å². The van der Waals surface area contributed by atoms with E-state index in [1.807, 2.05) is 0 Å². The Morgan fingerprint density at radius 3 is 1.83 bits per heavy atom. The second-order valence-corrected chi connectivity index (χ2v) is 9.80. The number of hydrogen-bond donors (Lipinski definition) is 0. The minimum atomic E-state index is 1.01. The average molecular weight is 466 g/mol. The Balaban J connectivity index is 1.41. The minimum Gasteiger partial charge on any atom is -0.256 e. The average Bonchev–Trinajstić information content (AvgIpc) is 2.95. The van der Waals surface area contributed by atoms with Crippen LogP contribution in [0.15, 0.2) is 109 Å². The van der Waals surface area contributed by atoms with Gasteiger partial charge in [-0.15, -0.1) is 0 Å². The van der Waals surface area contributed by atoms with Gasteiger partial charge in [0.15, 0.2) is 0 Å². The smallest absolute Gasteiger partial charge is 0.0708 e. The van der Waals surface area contributed by atoms with Crippen molar-refractivity contribution < 1.29 is 0 Å². The van der Waals surface area contributed by atoms with Crippen molar-refractivity contribution in [1.29, 1.82) is 0 Å². The maximum atomic E-state index is 4.94. The molecule has 0 bridgehead atoms. The van der Waals surface area contributed by atoms with Crippen molar-refractivity contribution >= 4 is 32.3 Å². The van der Waals surface area contributed by atoms with Gasteiger partial charge < -0.3 is 0 Å². The van der Waals surface area contributed by atoms with E-state index >= 15 is 0 Å². The molecule has 0 saturated heterocycles. The summed E-state index contributed by atoms with van der Waals surface area (Å²) in [5, 5.41) is 7.58. The molecule has 0 aliphatic carbocycles. The Morgan fingerprint density at radius 1 is 0.500 bits per heavy atom. The van der Waals surface area contributed by atoms with Crippen LogP contribution in [0.3, 0.4) is 0 Å². The maximum Gasteiger partial charge on any atom is 0.0708 e. The molecule has 0 saturated carbocycles. The van der Waals surface area contributed by atoms with E-state index in [0.29, 0.717) is 0 Å². The molecule has 0 amide bonds. The molecule has 0 unspecified atom stereocenters. The fraction of sp³-hybridized carbons (Fsp3) is 0.171. The third-order valence-electron chi connectivity index (χ3n) is 7.37. The Bertz CT molecular complexity index is 1640. The van der Waals surface area contributed by atoms with Crippen molar-refractivity contribution in [2.75, 3.05) is 0 Å². The lowest BCUT2D eigenvalue weighted by atomic mass is 9.94. The van der Waals surface area contributed by atoms with Crippen LogP contribution in [0.5, 0.6) is 0 Å². The largest absolute Gasteiger partial charge is 0.256 e. The van der Waals surface area contributed by atoms with Crippen LogP contribution in [0.4, 0.5) is 0 Å². The monoisotopic (exact) mass is 465 g/mol. The van der Waals surface area contributed by atoms with Gasteiger partial charge in [-0.25, -0.2) is 0 Å². The van der Waals surface area contributed by atoms with Crippen molar-refractivity contribution in [2.24, 2.45) is 0 Å². The van der Waals surface area contributed by atoms with E-state index in [1.165, 1.54) is 74.7 Å². The van der Waals surface area contributed by atoms with Gasteiger partial charge in [-0.1, -0.05) is 117 Å². The summed E-state index contributed by atoms with van der Waals surface area (Å²) < 4.78 is 0. The number of aryl methyl sites for hydroxylation is 1. The minimum absolute atomic E-state index is 1.01. The Kier molecular flexibility index (Phi) is 6.22. The van der Waals surface area contributed by atoms with E-state index in [2.05, 4.69) is 116 Å². The lowest BCUT2D eigenvalue weighted by Gasteiger charge is -2.12. The number of fused-ring (bicyclic) bond motifs is 6. The van der Waals surface area contributed by atoms with E-state index < -0.39 is 0 Å². The number of unbranched alkanes of at least 4 members (excludes halogenated alkanes) is 3. The molecule has 1 aromatic heterocycles. The van der Waals surface area contributed by atoms with Gasteiger partial charge in [0, 0.05) is 17.1 Å². The number of aromatic nitrogens is 1. The second-order valence-electron chi connectivity index (χ2n) is 9.80. The summed E-state index contributed by atoms with van der Waals surface area (Å²) in [5.41, 5.74) is 6.12. The maximum absolute atomic E-state index is 4.94. The van der Waals surface area contributed by atoms with Crippen LogP contribution in [0.25, 0.3) is 54.7 Å². The predicted octanol–water partition coefficient (Wildman–Crippen LogP) is 10.00. The van der Waals surface area contributed by atoms with Crippen LogP contribution in [-0.2, 0) is 6.42 Å². The summed E-state index contributed by atoms with van der Waals surface area (Å²) >= 11 is 0. The van der Waals surface area contributed by atoms with Crippen LogP contribution in [0.2, 0.25) is 0 Å². The van der Waals surface area contributed by atoms with Gasteiger partial charge in [0.25, 0.3) is 0 Å². The molecule has 1 heteroatoms. The number of rotatable bonds is 7. The van der Waals surface area contributed by atoms with Gasteiger partial charge >= 0.3 is 0 Å². The molecule has 36 heavy (non-hydrogen) atoms. The topological polar surface area (TPSA) is 12.9 Å². The van der Waals surface area contributed by atoms with Crippen LogP contribution >= 0.6 is 0 Å². The van der Waals surface area contributed by atoms with Gasteiger partial charge in [-0.05, 0) is 68.6 Å². The second kappa shape index (κ2) is 9.95. The van der Waals surface area contributed by atoms with E-state index in [4.69, 9.17) is 4.98 Å². The molecule has 0 N–H and O–H groups in total. The molecule has 1 nitrogen and oxygen atoms in total. The molecule has 0 atom stereocenters. The zero-order valence-corrected chi connectivity index (χ0v) is 20.9. The highest BCUT2D eigenvalue weighted by Crippen LogP contribution is 2.36. The molecule has 0 radical (unpaired) electrons. The van der Waals surface area contributed by atoms with Crippen molar-refractivity contribution in [2.45, 2.75) is 39.0 Å². The summed E-state index contributed by atoms with van der Waals surface area (Å²) in [6.45, 7) is 2.27. The Labute approximate surface area is 213 Å². The van der Waals surface area contributed by atoms with E-state index in [0.717, 1.165) is 17.7 Å². The molecule has 6 rings (SSSR count). The van der Waals surface area contributed by atoms with Crippen LogP contribution in [0, 0.1) is 0 Å². The van der Waals surface area contributed by atoms with Crippen LogP contribution in [0.1, 0.15) is 38.2 Å². The van der Waals surface area contributed by atoms with Gasteiger partial charge in [-0.3, -0.25) is 4.98 Å². The molecular weight excluding hydrogens is 434 g/mol. The lowest BCUT2D eigenvalue weighted by Crippen LogP contribution is -1.89. The van der Waals surface area contributed by atoms with Gasteiger partial charge in [-0.2, -0.15) is 0 Å². The Morgan fingerprint density at radius 2 is 1.11 bits per heavy atom. The lowest BCUT2D eigenvalue weighted by molar-refractivity contribution is 0.667.